The van der Waals surface area contributed by atoms with Crippen LogP contribution in [0.2, 0.25) is 5.02 Å². The van der Waals surface area contributed by atoms with Crippen LogP contribution in [0.25, 0.3) is 0 Å². The lowest BCUT2D eigenvalue weighted by atomic mass is 10.1. The first-order chi connectivity index (χ1) is 18.7. The molecular weight excluding hydrogens is 534 g/mol. The van der Waals surface area contributed by atoms with Gasteiger partial charge in [0.05, 0.1) is 17.9 Å². The SMILES string of the molecule is CCOC(=O)c1ccc(N=C2SC(C(=O)Nc3ccc(C)cc3C)CC(=O)N2CCc2ccc(Cl)cc2)cc1. The summed E-state index contributed by atoms with van der Waals surface area (Å²) in [6.07, 6.45) is 0.659. The van der Waals surface area contributed by atoms with Gasteiger partial charge in [-0.1, -0.05) is 53.2 Å². The molecule has 39 heavy (non-hydrogen) atoms. The Hall–Kier alpha value is -3.62. The van der Waals surface area contributed by atoms with Crippen molar-refractivity contribution in [3.05, 3.63) is 94.0 Å². The van der Waals surface area contributed by atoms with Crippen LogP contribution in [-0.4, -0.2) is 46.3 Å². The summed E-state index contributed by atoms with van der Waals surface area (Å²) in [7, 11) is 0. The van der Waals surface area contributed by atoms with Crippen LogP contribution in [0, 0.1) is 13.8 Å². The lowest BCUT2D eigenvalue weighted by Crippen LogP contribution is -2.46. The molecule has 1 unspecified atom stereocenters. The van der Waals surface area contributed by atoms with Gasteiger partial charge in [0.2, 0.25) is 11.8 Å². The highest BCUT2D eigenvalue weighted by Gasteiger charge is 2.36. The molecule has 2 amide bonds. The summed E-state index contributed by atoms with van der Waals surface area (Å²) in [4.78, 5) is 44.9. The molecule has 1 saturated heterocycles. The Labute approximate surface area is 237 Å². The van der Waals surface area contributed by atoms with E-state index in [2.05, 4.69) is 5.32 Å². The minimum absolute atomic E-state index is 0.0584. The van der Waals surface area contributed by atoms with Gasteiger partial charge in [0.1, 0.15) is 5.25 Å². The average Bonchev–Trinajstić information content (AvgIpc) is 2.91. The third-order valence-electron chi connectivity index (χ3n) is 6.21. The minimum Gasteiger partial charge on any atom is -0.462 e. The number of benzene rings is 3. The number of rotatable bonds is 8. The van der Waals surface area contributed by atoms with Crippen LogP contribution in [0.4, 0.5) is 11.4 Å². The van der Waals surface area contributed by atoms with Crippen LogP contribution in [0.5, 0.6) is 0 Å². The molecule has 1 atom stereocenters. The van der Waals surface area contributed by atoms with Crippen molar-refractivity contribution >= 4 is 57.7 Å². The van der Waals surface area contributed by atoms with Gasteiger partial charge >= 0.3 is 5.97 Å². The smallest absolute Gasteiger partial charge is 0.338 e. The van der Waals surface area contributed by atoms with Gasteiger partial charge in [-0.25, -0.2) is 9.79 Å². The van der Waals surface area contributed by atoms with Gasteiger partial charge in [-0.05, 0) is 80.8 Å². The third-order valence-corrected chi connectivity index (χ3v) is 7.65. The zero-order valence-electron chi connectivity index (χ0n) is 22.1. The summed E-state index contributed by atoms with van der Waals surface area (Å²) in [6.45, 7) is 6.37. The molecule has 0 saturated carbocycles. The van der Waals surface area contributed by atoms with Gasteiger partial charge in [0.25, 0.3) is 0 Å². The highest BCUT2D eigenvalue weighted by atomic mass is 35.5. The summed E-state index contributed by atoms with van der Waals surface area (Å²) in [5, 5.41) is 3.42. The number of hydrogen-bond acceptors (Lipinski definition) is 6. The predicted molar refractivity (Wildman–Crippen MR) is 157 cm³/mol. The molecule has 4 rings (SSSR count). The van der Waals surface area contributed by atoms with Crippen LogP contribution < -0.4 is 5.32 Å². The molecule has 1 aliphatic heterocycles. The van der Waals surface area contributed by atoms with Crippen molar-refractivity contribution in [1.29, 1.82) is 0 Å². The van der Waals surface area contributed by atoms with Crippen LogP contribution in [0.3, 0.4) is 0 Å². The highest BCUT2D eigenvalue weighted by molar-refractivity contribution is 8.15. The van der Waals surface area contributed by atoms with E-state index in [1.165, 1.54) is 11.8 Å². The molecule has 3 aromatic carbocycles. The number of nitrogens with zero attached hydrogens (tertiary/aromatic N) is 2. The maximum absolute atomic E-state index is 13.3. The van der Waals surface area contributed by atoms with Crippen molar-refractivity contribution < 1.29 is 19.1 Å². The quantitative estimate of drug-likeness (QED) is 0.323. The van der Waals surface area contributed by atoms with E-state index >= 15 is 0 Å². The Morgan fingerprint density at radius 1 is 1.08 bits per heavy atom. The standard InChI is InChI=1S/C30H30ClN3O4S/c1-4-38-29(37)22-8-12-24(13-9-22)32-30-34(16-15-21-6-10-23(31)11-7-21)27(35)18-26(39-30)28(36)33-25-14-5-19(2)17-20(25)3/h5-14,17,26H,4,15-16,18H2,1-3H3,(H,33,36). The Morgan fingerprint density at radius 2 is 1.79 bits per heavy atom. The number of aliphatic imine (C=N–C) groups is 1. The van der Waals surface area contributed by atoms with Crippen molar-refractivity contribution in [3.63, 3.8) is 0 Å². The van der Waals surface area contributed by atoms with E-state index in [0.29, 0.717) is 34.4 Å². The number of amidine groups is 1. The molecular formula is C30H30ClN3O4S. The zero-order valence-corrected chi connectivity index (χ0v) is 23.6. The number of anilines is 1. The first kappa shape index (κ1) is 28.4. The molecule has 0 bridgehead atoms. The predicted octanol–water partition coefficient (Wildman–Crippen LogP) is 6.34. The molecule has 7 nitrogen and oxygen atoms in total. The van der Waals surface area contributed by atoms with E-state index in [-0.39, 0.29) is 24.8 Å². The fraction of sp³-hybridized carbons (Fsp3) is 0.267. The molecule has 202 valence electrons. The molecule has 1 aliphatic rings. The number of carbonyl (C=O) groups is 3. The van der Waals surface area contributed by atoms with E-state index in [9.17, 15) is 14.4 Å². The highest BCUT2D eigenvalue weighted by Crippen LogP contribution is 2.31. The number of esters is 1. The molecule has 1 N–H and O–H groups in total. The maximum atomic E-state index is 13.3. The first-order valence-electron chi connectivity index (χ1n) is 12.7. The molecule has 0 spiro atoms. The number of hydrogen-bond donors (Lipinski definition) is 1. The number of nitrogens with one attached hydrogen (secondary N) is 1. The van der Waals surface area contributed by atoms with E-state index in [1.54, 1.807) is 36.1 Å². The first-order valence-corrected chi connectivity index (χ1v) is 13.9. The van der Waals surface area contributed by atoms with Crippen LogP contribution in [0.1, 0.15) is 40.4 Å². The normalized spacial score (nSPS) is 16.3. The number of thioether (sulfide) groups is 1. The zero-order chi connectivity index (χ0) is 27.9. The van der Waals surface area contributed by atoms with Gasteiger partial charge in [0, 0.05) is 23.7 Å². The lowest BCUT2D eigenvalue weighted by Gasteiger charge is -2.32. The van der Waals surface area contributed by atoms with Gasteiger partial charge in [-0.15, -0.1) is 0 Å². The number of halogens is 1. The van der Waals surface area contributed by atoms with Crippen molar-refractivity contribution in [2.45, 2.75) is 38.9 Å². The Balaban J connectivity index is 1.57. The van der Waals surface area contributed by atoms with Crippen molar-refractivity contribution in [3.8, 4) is 0 Å². The van der Waals surface area contributed by atoms with E-state index in [0.717, 1.165) is 22.4 Å². The summed E-state index contributed by atoms with van der Waals surface area (Å²) in [6, 6.07) is 20.0. The second-order valence-corrected chi connectivity index (χ2v) is 10.8. The number of amides is 2. The summed E-state index contributed by atoms with van der Waals surface area (Å²) < 4.78 is 5.05. The lowest BCUT2D eigenvalue weighted by molar-refractivity contribution is -0.129. The van der Waals surface area contributed by atoms with E-state index < -0.39 is 11.2 Å². The number of aryl methyl sites for hydroxylation is 2. The molecule has 9 heteroatoms. The average molecular weight is 564 g/mol. The van der Waals surface area contributed by atoms with E-state index in [4.69, 9.17) is 21.3 Å². The maximum Gasteiger partial charge on any atom is 0.338 e. The molecule has 3 aromatic rings. The molecule has 0 aliphatic carbocycles. The largest absolute Gasteiger partial charge is 0.462 e. The Morgan fingerprint density at radius 3 is 2.46 bits per heavy atom. The monoisotopic (exact) mass is 563 g/mol. The van der Waals surface area contributed by atoms with Crippen molar-refractivity contribution in [2.24, 2.45) is 4.99 Å². The number of carbonyl (C=O) groups excluding carboxylic acids is 3. The third kappa shape index (κ3) is 7.49. The summed E-state index contributed by atoms with van der Waals surface area (Å²) in [5.74, 6) is -0.833. The molecule has 0 radical (unpaired) electrons. The molecule has 0 aromatic heterocycles. The van der Waals surface area contributed by atoms with Crippen molar-refractivity contribution in [1.82, 2.24) is 4.90 Å². The number of ether oxygens (including phenoxy) is 1. The Kier molecular flexibility index (Phi) is 9.43. The van der Waals surface area contributed by atoms with E-state index in [1.807, 2.05) is 56.3 Å². The van der Waals surface area contributed by atoms with Crippen LogP contribution >= 0.6 is 23.4 Å². The molecule has 1 heterocycles. The molecule has 1 fully saturated rings. The topological polar surface area (TPSA) is 88.1 Å². The van der Waals surface area contributed by atoms with Crippen molar-refractivity contribution in [2.75, 3.05) is 18.5 Å². The van der Waals surface area contributed by atoms with Gasteiger partial charge in [-0.2, -0.15) is 0 Å². The Bertz CT molecular complexity index is 1390. The summed E-state index contributed by atoms with van der Waals surface area (Å²) >= 11 is 7.27. The van der Waals surface area contributed by atoms with Gasteiger partial charge in [0.15, 0.2) is 5.17 Å². The van der Waals surface area contributed by atoms with Gasteiger partial charge in [-0.3, -0.25) is 14.5 Å². The second-order valence-electron chi connectivity index (χ2n) is 9.20. The van der Waals surface area contributed by atoms with Crippen LogP contribution in [-0.2, 0) is 20.7 Å². The van der Waals surface area contributed by atoms with Crippen LogP contribution in [0.15, 0.2) is 71.7 Å². The summed E-state index contributed by atoms with van der Waals surface area (Å²) in [5.41, 5.74) is 4.79. The second kappa shape index (κ2) is 13.0. The minimum atomic E-state index is -0.637. The fourth-order valence-corrected chi connectivity index (χ4v) is 5.37. The fourth-order valence-electron chi connectivity index (χ4n) is 4.12. The van der Waals surface area contributed by atoms with Gasteiger partial charge < -0.3 is 10.1 Å².